The van der Waals surface area contributed by atoms with Gasteiger partial charge < -0.3 is 4.90 Å². The Hall–Kier alpha value is -0.870. The predicted octanol–water partition coefficient (Wildman–Crippen LogP) is 2.33. The van der Waals surface area contributed by atoms with E-state index in [4.69, 9.17) is 23.2 Å². The Bertz CT molecular complexity index is 905. The number of amides is 1. The standard InChI is InChI=1S/C17H24Cl2N2O5S2/c1-12(2)11-27(23,24)13-6-8-21(9-7-13)16(22)10-20-28(25,26)17-14(18)4-3-5-15(17)19/h3-5,12-13,20H,6-11H2,1-2H3. The molecule has 1 saturated heterocycles. The van der Waals surface area contributed by atoms with Crippen LogP contribution in [0.2, 0.25) is 10.0 Å². The molecule has 0 atom stereocenters. The van der Waals surface area contributed by atoms with Gasteiger partial charge in [-0.25, -0.2) is 21.6 Å². The van der Waals surface area contributed by atoms with Crippen molar-refractivity contribution in [2.75, 3.05) is 25.4 Å². The molecule has 0 saturated carbocycles. The molecule has 1 aromatic carbocycles. The van der Waals surface area contributed by atoms with Crippen molar-refractivity contribution in [1.29, 1.82) is 0 Å². The Morgan fingerprint density at radius 3 is 2.18 bits per heavy atom. The number of nitrogens with zero attached hydrogens (tertiary/aromatic N) is 1. The number of benzene rings is 1. The number of sulfonamides is 1. The first-order valence-corrected chi connectivity index (χ1v) is 12.8. The Balaban J connectivity index is 1.95. The molecule has 1 fully saturated rings. The van der Waals surface area contributed by atoms with E-state index in [1.807, 2.05) is 13.8 Å². The van der Waals surface area contributed by atoms with Crippen molar-refractivity contribution in [3.8, 4) is 0 Å². The molecule has 1 heterocycles. The molecule has 2 rings (SSSR count). The van der Waals surface area contributed by atoms with Gasteiger partial charge in [0.05, 0.1) is 27.6 Å². The summed E-state index contributed by atoms with van der Waals surface area (Å²) in [5.74, 6) is -0.244. The lowest BCUT2D eigenvalue weighted by atomic mass is 10.1. The molecule has 1 aliphatic rings. The molecule has 158 valence electrons. The molecule has 0 aliphatic carbocycles. The summed E-state index contributed by atoms with van der Waals surface area (Å²) >= 11 is 11.8. The highest BCUT2D eigenvalue weighted by Crippen LogP contribution is 2.28. The fraction of sp³-hybridized carbons (Fsp3) is 0.588. The van der Waals surface area contributed by atoms with Gasteiger partial charge in [0, 0.05) is 13.1 Å². The molecule has 1 aromatic rings. The number of sulfone groups is 1. The van der Waals surface area contributed by atoms with Crippen molar-refractivity contribution < 1.29 is 21.6 Å². The average Bonchev–Trinajstić information content (AvgIpc) is 2.58. The number of carbonyl (C=O) groups excluding carboxylic acids is 1. The van der Waals surface area contributed by atoms with Crippen LogP contribution in [0.5, 0.6) is 0 Å². The molecule has 0 spiro atoms. The maximum Gasteiger partial charge on any atom is 0.244 e. The second kappa shape index (κ2) is 9.30. The first-order chi connectivity index (χ1) is 12.9. The summed E-state index contributed by atoms with van der Waals surface area (Å²) in [4.78, 5) is 13.6. The molecule has 28 heavy (non-hydrogen) atoms. The highest BCUT2D eigenvalue weighted by atomic mass is 35.5. The van der Waals surface area contributed by atoms with Crippen LogP contribution in [-0.4, -0.2) is 58.3 Å². The van der Waals surface area contributed by atoms with Crippen molar-refractivity contribution in [2.45, 2.75) is 36.8 Å². The maximum absolute atomic E-state index is 12.4. The lowest BCUT2D eigenvalue weighted by molar-refractivity contribution is -0.130. The van der Waals surface area contributed by atoms with E-state index in [-0.39, 0.29) is 39.7 Å². The van der Waals surface area contributed by atoms with Gasteiger partial charge in [-0.05, 0) is 30.9 Å². The largest absolute Gasteiger partial charge is 0.341 e. The maximum atomic E-state index is 12.4. The Morgan fingerprint density at radius 2 is 1.68 bits per heavy atom. The van der Waals surface area contributed by atoms with Crippen LogP contribution in [0.15, 0.2) is 23.1 Å². The zero-order valence-corrected chi connectivity index (χ0v) is 18.8. The molecule has 0 aromatic heterocycles. The van der Waals surface area contributed by atoms with Gasteiger partial charge in [0.1, 0.15) is 4.90 Å². The first kappa shape index (κ1) is 23.4. The normalized spacial score (nSPS) is 16.5. The van der Waals surface area contributed by atoms with Gasteiger partial charge in [-0.2, -0.15) is 0 Å². The van der Waals surface area contributed by atoms with Crippen LogP contribution >= 0.6 is 23.2 Å². The highest BCUT2D eigenvalue weighted by molar-refractivity contribution is 7.92. The number of nitrogens with one attached hydrogen (secondary N) is 1. The molecule has 0 radical (unpaired) electrons. The zero-order valence-electron chi connectivity index (χ0n) is 15.7. The van der Waals surface area contributed by atoms with Gasteiger partial charge in [-0.15, -0.1) is 0 Å². The third-order valence-corrected chi connectivity index (χ3v) is 9.44. The van der Waals surface area contributed by atoms with Crippen molar-refractivity contribution in [1.82, 2.24) is 9.62 Å². The van der Waals surface area contributed by atoms with Crippen molar-refractivity contribution in [3.05, 3.63) is 28.2 Å². The van der Waals surface area contributed by atoms with Gasteiger partial charge in [-0.1, -0.05) is 43.1 Å². The fourth-order valence-corrected chi connectivity index (χ4v) is 7.39. The van der Waals surface area contributed by atoms with Crippen molar-refractivity contribution in [3.63, 3.8) is 0 Å². The zero-order chi connectivity index (χ0) is 21.1. The summed E-state index contributed by atoms with van der Waals surface area (Å²) in [5.41, 5.74) is 0. The van der Waals surface area contributed by atoms with Crippen molar-refractivity contribution >= 4 is 49.0 Å². The van der Waals surface area contributed by atoms with E-state index in [9.17, 15) is 21.6 Å². The van der Waals surface area contributed by atoms with E-state index < -0.39 is 37.6 Å². The Morgan fingerprint density at radius 1 is 1.14 bits per heavy atom. The van der Waals surface area contributed by atoms with Crippen LogP contribution < -0.4 is 4.72 Å². The molecule has 11 heteroatoms. The van der Waals surface area contributed by atoms with Crippen LogP contribution in [0.25, 0.3) is 0 Å². The number of hydrogen-bond donors (Lipinski definition) is 1. The van der Waals surface area contributed by atoms with E-state index in [0.717, 1.165) is 0 Å². The number of rotatable bonds is 7. The summed E-state index contributed by atoms with van der Waals surface area (Å²) in [6.07, 6.45) is 0.702. The lowest BCUT2D eigenvalue weighted by Gasteiger charge is -2.32. The van der Waals surface area contributed by atoms with Gasteiger partial charge >= 0.3 is 0 Å². The average molecular weight is 471 g/mol. The lowest BCUT2D eigenvalue weighted by Crippen LogP contribution is -2.46. The molecular formula is C17H24Cl2N2O5S2. The van der Waals surface area contributed by atoms with E-state index in [0.29, 0.717) is 12.8 Å². The van der Waals surface area contributed by atoms with E-state index >= 15 is 0 Å². The second-order valence-corrected chi connectivity index (χ2v) is 12.0. The number of hydrogen-bond acceptors (Lipinski definition) is 5. The molecule has 1 amide bonds. The van der Waals surface area contributed by atoms with Crippen LogP contribution in [0.1, 0.15) is 26.7 Å². The quantitative estimate of drug-likeness (QED) is 0.658. The highest BCUT2D eigenvalue weighted by Gasteiger charge is 2.32. The number of carbonyl (C=O) groups is 1. The minimum absolute atomic E-state index is 0.0383. The van der Waals surface area contributed by atoms with E-state index in [2.05, 4.69) is 4.72 Å². The summed E-state index contributed by atoms with van der Waals surface area (Å²) in [5, 5.41) is -0.537. The molecule has 0 bridgehead atoms. The summed E-state index contributed by atoms with van der Waals surface area (Å²) in [7, 11) is -7.25. The Labute approximate surface area is 176 Å². The van der Waals surface area contributed by atoms with Crippen LogP contribution in [-0.2, 0) is 24.7 Å². The van der Waals surface area contributed by atoms with Crippen LogP contribution in [0.3, 0.4) is 0 Å². The monoisotopic (exact) mass is 470 g/mol. The van der Waals surface area contributed by atoms with Crippen LogP contribution in [0.4, 0.5) is 0 Å². The molecule has 0 unspecified atom stereocenters. The smallest absolute Gasteiger partial charge is 0.244 e. The molecule has 1 aliphatic heterocycles. The number of likely N-dealkylation sites (tertiary alicyclic amines) is 1. The molecular weight excluding hydrogens is 447 g/mol. The molecule has 7 nitrogen and oxygen atoms in total. The Kier molecular flexibility index (Phi) is 7.77. The SMILES string of the molecule is CC(C)CS(=O)(=O)C1CCN(C(=O)CNS(=O)(=O)c2c(Cl)cccc2Cl)CC1. The van der Waals surface area contributed by atoms with Crippen LogP contribution in [0, 0.1) is 5.92 Å². The van der Waals surface area contributed by atoms with Gasteiger partial charge in [0.15, 0.2) is 9.84 Å². The predicted molar refractivity (Wildman–Crippen MR) is 110 cm³/mol. The fourth-order valence-electron chi connectivity index (χ4n) is 3.14. The van der Waals surface area contributed by atoms with E-state index in [1.165, 1.54) is 23.1 Å². The third-order valence-electron chi connectivity index (χ3n) is 4.47. The molecule has 1 N–H and O–H groups in total. The van der Waals surface area contributed by atoms with Gasteiger partial charge in [-0.3, -0.25) is 4.79 Å². The second-order valence-electron chi connectivity index (χ2n) is 7.18. The topological polar surface area (TPSA) is 101 Å². The van der Waals surface area contributed by atoms with Gasteiger partial charge in [0.2, 0.25) is 15.9 Å². The van der Waals surface area contributed by atoms with Gasteiger partial charge in [0.25, 0.3) is 0 Å². The minimum Gasteiger partial charge on any atom is -0.341 e. The minimum atomic E-state index is -4.06. The first-order valence-electron chi connectivity index (χ1n) is 8.87. The van der Waals surface area contributed by atoms with Crippen molar-refractivity contribution in [2.24, 2.45) is 5.92 Å². The number of piperidine rings is 1. The summed E-state index contributed by atoms with van der Waals surface area (Å²) in [6.45, 7) is 3.80. The summed E-state index contributed by atoms with van der Waals surface area (Å²) in [6, 6.07) is 4.31. The summed E-state index contributed by atoms with van der Waals surface area (Å²) < 4.78 is 51.7. The number of halogens is 2. The third kappa shape index (κ3) is 5.82. The van der Waals surface area contributed by atoms with E-state index in [1.54, 1.807) is 0 Å².